The van der Waals surface area contributed by atoms with Gasteiger partial charge < -0.3 is 10.6 Å². The molecule has 0 fully saturated rings. The van der Waals surface area contributed by atoms with Crippen LogP contribution in [0.1, 0.15) is 22.7 Å². The number of nitrogens with zero attached hydrogens (tertiary/aromatic N) is 1. The summed E-state index contributed by atoms with van der Waals surface area (Å²) in [4.78, 5) is 12.0. The maximum atomic E-state index is 13.8. The summed E-state index contributed by atoms with van der Waals surface area (Å²) < 4.78 is 25.7. The van der Waals surface area contributed by atoms with Gasteiger partial charge in [-0.15, -0.1) is 0 Å². The highest BCUT2D eigenvalue weighted by molar-refractivity contribution is 5.97. The number of aromatic nitrogens is 2. The van der Waals surface area contributed by atoms with Crippen molar-refractivity contribution in [2.45, 2.75) is 12.5 Å². The van der Waals surface area contributed by atoms with Crippen LogP contribution in [0.2, 0.25) is 0 Å². The van der Waals surface area contributed by atoms with Gasteiger partial charge in [0.15, 0.2) is 0 Å². The molecule has 1 aromatic heterocycles. The second kappa shape index (κ2) is 9.06. The highest BCUT2D eigenvalue weighted by Gasteiger charge is 2.26. The lowest BCUT2D eigenvalue weighted by atomic mass is 9.88. The summed E-state index contributed by atoms with van der Waals surface area (Å²) in [6.07, 6.45) is 0. The molecule has 5 rings (SSSR count). The van der Waals surface area contributed by atoms with Crippen LogP contribution in [0, 0.1) is 11.6 Å². The highest BCUT2D eigenvalue weighted by Crippen LogP contribution is 2.37. The number of anilines is 1. The predicted molar refractivity (Wildman–Crippen MR) is 118 cm³/mol. The number of rotatable bonds is 3. The van der Waals surface area contributed by atoms with E-state index >= 15 is 0 Å². The summed E-state index contributed by atoms with van der Waals surface area (Å²) in [6.45, 7) is 1.39. The molecule has 0 spiro atoms. The lowest BCUT2D eigenvalue weighted by Gasteiger charge is -2.26. The van der Waals surface area contributed by atoms with Crippen molar-refractivity contribution >= 4 is 16.5 Å². The maximum Gasteiger partial charge on any atom is 0.272 e. The number of halogens is 2. The zero-order valence-electron chi connectivity index (χ0n) is 17.0. The van der Waals surface area contributed by atoms with E-state index in [-0.39, 0.29) is 17.3 Å². The van der Waals surface area contributed by atoms with Gasteiger partial charge in [-0.05, 0) is 42.4 Å². The molecule has 0 bridgehead atoms. The SMILES string of the molecule is CNCc1cccc(C2CNc3cc(F)cc4c(=O)[nH]nc2c34)c1.Fc1ccccc1. The largest absolute Gasteiger partial charge is 0.383 e. The monoisotopic (exact) mass is 420 g/mol. The van der Waals surface area contributed by atoms with Crippen LogP contribution in [-0.2, 0) is 6.54 Å². The Labute approximate surface area is 178 Å². The second-order valence-corrected chi connectivity index (χ2v) is 7.32. The minimum absolute atomic E-state index is 0.000817. The van der Waals surface area contributed by atoms with E-state index < -0.39 is 5.82 Å². The van der Waals surface area contributed by atoms with Crippen LogP contribution in [0.3, 0.4) is 0 Å². The van der Waals surface area contributed by atoms with Crippen LogP contribution in [0.25, 0.3) is 10.8 Å². The van der Waals surface area contributed by atoms with Gasteiger partial charge in [-0.2, -0.15) is 5.10 Å². The fourth-order valence-electron chi connectivity index (χ4n) is 3.80. The molecule has 3 aromatic carbocycles. The first kappa shape index (κ1) is 20.7. The van der Waals surface area contributed by atoms with Gasteiger partial charge in [0, 0.05) is 30.1 Å². The molecule has 0 saturated heterocycles. The summed E-state index contributed by atoms with van der Waals surface area (Å²) >= 11 is 0. The molecular formula is C24H22F2N4O. The van der Waals surface area contributed by atoms with Crippen LogP contribution >= 0.6 is 0 Å². The standard InChI is InChI=1S/C18H17FN4O.C6H5F/c1-20-8-10-3-2-4-11(5-10)14-9-21-15-7-12(19)6-13-16(15)17(14)22-23-18(13)24;7-6-4-2-1-3-5-6/h2-7,14,20-21H,8-9H2,1H3,(H,23,24);1-5H. The average molecular weight is 420 g/mol. The molecular weight excluding hydrogens is 398 g/mol. The number of hydrogen-bond donors (Lipinski definition) is 3. The first-order valence-corrected chi connectivity index (χ1v) is 9.96. The fourth-order valence-corrected chi connectivity index (χ4v) is 3.80. The Bertz CT molecular complexity index is 1260. The third-order valence-electron chi connectivity index (χ3n) is 5.18. The number of H-pyrrole nitrogens is 1. The van der Waals surface area contributed by atoms with Gasteiger partial charge in [0.1, 0.15) is 11.6 Å². The molecule has 158 valence electrons. The second-order valence-electron chi connectivity index (χ2n) is 7.32. The normalized spacial score (nSPS) is 14.5. The van der Waals surface area contributed by atoms with Crippen molar-refractivity contribution in [2.24, 2.45) is 0 Å². The Morgan fingerprint density at radius 2 is 1.84 bits per heavy atom. The summed E-state index contributed by atoms with van der Waals surface area (Å²) in [5, 5.41) is 14.2. The van der Waals surface area contributed by atoms with E-state index in [2.05, 4.69) is 39.0 Å². The molecule has 1 unspecified atom stereocenters. The number of aromatic amines is 1. The minimum atomic E-state index is -0.429. The molecule has 5 nitrogen and oxygen atoms in total. The van der Waals surface area contributed by atoms with Gasteiger partial charge >= 0.3 is 0 Å². The van der Waals surface area contributed by atoms with Crippen LogP contribution in [-0.4, -0.2) is 23.8 Å². The summed E-state index contributed by atoms with van der Waals surface area (Å²) in [5.74, 6) is -0.608. The van der Waals surface area contributed by atoms with Crippen molar-refractivity contribution in [1.29, 1.82) is 0 Å². The van der Waals surface area contributed by atoms with Gasteiger partial charge in [0.05, 0.1) is 11.1 Å². The van der Waals surface area contributed by atoms with Gasteiger partial charge in [-0.25, -0.2) is 13.9 Å². The van der Waals surface area contributed by atoms with Crippen molar-refractivity contribution in [2.75, 3.05) is 18.9 Å². The van der Waals surface area contributed by atoms with Crippen LogP contribution < -0.4 is 16.2 Å². The highest BCUT2D eigenvalue weighted by atomic mass is 19.1. The molecule has 1 aliphatic heterocycles. The predicted octanol–water partition coefficient (Wildman–Crippen LogP) is 4.16. The minimum Gasteiger partial charge on any atom is -0.383 e. The molecule has 0 aliphatic carbocycles. The Balaban J connectivity index is 0.000000282. The van der Waals surface area contributed by atoms with Crippen LogP contribution in [0.15, 0.2) is 71.5 Å². The van der Waals surface area contributed by atoms with Gasteiger partial charge in [0.25, 0.3) is 5.56 Å². The summed E-state index contributed by atoms with van der Waals surface area (Å²) in [6, 6.07) is 18.9. The van der Waals surface area contributed by atoms with Gasteiger partial charge in [-0.1, -0.05) is 42.5 Å². The van der Waals surface area contributed by atoms with Gasteiger partial charge in [-0.3, -0.25) is 4.79 Å². The number of nitrogens with one attached hydrogen (secondary N) is 3. The Hall–Kier alpha value is -3.58. The van der Waals surface area contributed by atoms with Crippen molar-refractivity contribution in [3.8, 4) is 0 Å². The third-order valence-corrected chi connectivity index (χ3v) is 5.18. The molecule has 0 radical (unpaired) electrons. The lowest BCUT2D eigenvalue weighted by Crippen LogP contribution is -2.24. The van der Waals surface area contributed by atoms with E-state index in [0.29, 0.717) is 23.0 Å². The molecule has 0 saturated carbocycles. The Morgan fingerprint density at radius 3 is 2.55 bits per heavy atom. The zero-order valence-corrected chi connectivity index (χ0v) is 17.0. The molecule has 31 heavy (non-hydrogen) atoms. The van der Waals surface area contributed by atoms with Crippen molar-refractivity contribution in [3.63, 3.8) is 0 Å². The van der Waals surface area contributed by atoms with Crippen molar-refractivity contribution in [1.82, 2.24) is 15.5 Å². The molecule has 3 N–H and O–H groups in total. The quantitative estimate of drug-likeness (QED) is 0.465. The van der Waals surface area contributed by atoms with E-state index in [1.807, 2.05) is 13.1 Å². The van der Waals surface area contributed by atoms with E-state index in [4.69, 9.17) is 0 Å². The van der Waals surface area contributed by atoms with Gasteiger partial charge in [0.2, 0.25) is 0 Å². The topological polar surface area (TPSA) is 69.8 Å². The van der Waals surface area contributed by atoms with E-state index in [9.17, 15) is 13.6 Å². The first-order valence-electron chi connectivity index (χ1n) is 9.96. The summed E-state index contributed by atoms with van der Waals surface area (Å²) in [5.41, 5.74) is 3.33. The molecule has 1 aliphatic rings. The van der Waals surface area contributed by atoms with Crippen LogP contribution in [0.5, 0.6) is 0 Å². The third kappa shape index (κ3) is 4.46. The average Bonchev–Trinajstić information content (AvgIpc) is 2.77. The molecule has 4 aromatic rings. The number of benzene rings is 3. The molecule has 2 heterocycles. The summed E-state index contributed by atoms with van der Waals surface area (Å²) in [7, 11) is 1.91. The fraction of sp³-hybridized carbons (Fsp3) is 0.167. The molecule has 7 heteroatoms. The lowest BCUT2D eigenvalue weighted by molar-refractivity contribution is 0.627. The molecule has 1 atom stereocenters. The first-order chi connectivity index (χ1) is 15.1. The van der Waals surface area contributed by atoms with E-state index in [1.165, 1.54) is 29.8 Å². The van der Waals surface area contributed by atoms with Crippen molar-refractivity contribution in [3.05, 3.63) is 106 Å². The van der Waals surface area contributed by atoms with Crippen LogP contribution in [0.4, 0.5) is 14.5 Å². The Morgan fingerprint density at radius 1 is 1.03 bits per heavy atom. The smallest absolute Gasteiger partial charge is 0.272 e. The van der Waals surface area contributed by atoms with E-state index in [0.717, 1.165) is 17.8 Å². The molecule has 0 amide bonds. The van der Waals surface area contributed by atoms with Crippen molar-refractivity contribution < 1.29 is 8.78 Å². The zero-order chi connectivity index (χ0) is 21.8. The van der Waals surface area contributed by atoms with E-state index in [1.54, 1.807) is 18.2 Å². The maximum absolute atomic E-state index is 13.8. The number of hydrogen-bond acceptors (Lipinski definition) is 4. The Kier molecular flexibility index (Phi) is 6.04.